The number of carbonyl (C=O) groups is 1. The average molecular weight is 347 g/mol. The third-order valence-corrected chi connectivity index (χ3v) is 4.39. The number of pyridine rings is 1. The second-order valence-electron chi connectivity index (χ2n) is 6.53. The smallest absolute Gasteiger partial charge is 0.273 e. The molecule has 8 nitrogen and oxygen atoms in total. The van der Waals surface area contributed by atoms with Crippen LogP contribution in [0, 0.1) is 12.3 Å². The van der Waals surface area contributed by atoms with Crippen LogP contribution < -0.4 is 10.1 Å². The number of ether oxygens (including phenoxy) is 1. The molecule has 0 radical (unpaired) electrons. The summed E-state index contributed by atoms with van der Waals surface area (Å²) in [5.41, 5.74) is -0.386. The Morgan fingerprint density at radius 2 is 2.20 bits per heavy atom. The average Bonchev–Trinajstić information content (AvgIpc) is 3.16. The van der Waals surface area contributed by atoms with Gasteiger partial charge in [-0.25, -0.2) is 0 Å². The van der Waals surface area contributed by atoms with Crippen molar-refractivity contribution in [1.82, 2.24) is 15.5 Å². The van der Waals surface area contributed by atoms with Crippen molar-refractivity contribution in [1.29, 1.82) is 0 Å². The minimum absolute atomic E-state index is 0.194. The third-order valence-electron chi connectivity index (χ3n) is 4.39. The van der Waals surface area contributed by atoms with Gasteiger partial charge in [0, 0.05) is 24.2 Å². The number of carbonyl (C=O) groups excluding carboxylic acids is 1. The fourth-order valence-corrected chi connectivity index (χ4v) is 3.06. The van der Waals surface area contributed by atoms with Gasteiger partial charge in [0.15, 0.2) is 5.69 Å². The molecule has 1 amide bonds. The summed E-state index contributed by atoms with van der Waals surface area (Å²) in [4.78, 5) is 16.2. The van der Waals surface area contributed by atoms with E-state index in [1.165, 1.54) is 0 Å². The molecule has 8 heteroatoms. The molecule has 1 aliphatic rings. The van der Waals surface area contributed by atoms with Crippen LogP contribution in [0.2, 0.25) is 0 Å². The monoisotopic (exact) mass is 347 g/mol. The van der Waals surface area contributed by atoms with Gasteiger partial charge in [-0.15, -0.1) is 0 Å². The van der Waals surface area contributed by atoms with Crippen LogP contribution in [0.4, 0.5) is 0 Å². The van der Waals surface area contributed by atoms with E-state index in [4.69, 9.17) is 9.26 Å². The zero-order chi connectivity index (χ0) is 17.9. The highest BCUT2D eigenvalue weighted by atomic mass is 16.5. The maximum absolute atomic E-state index is 12.2. The van der Waals surface area contributed by atoms with Crippen LogP contribution in [0.15, 0.2) is 35.1 Å². The Balaban J connectivity index is 1.66. The fourth-order valence-electron chi connectivity index (χ4n) is 3.06. The van der Waals surface area contributed by atoms with E-state index >= 15 is 0 Å². The molecule has 0 aromatic carbocycles. The van der Waals surface area contributed by atoms with Gasteiger partial charge in [0.05, 0.1) is 25.0 Å². The Bertz CT molecular complexity index is 708. The molecule has 0 bridgehead atoms. The summed E-state index contributed by atoms with van der Waals surface area (Å²) < 4.78 is 10.7. The van der Waals surface area contributed by atoms with Crippen LogP contribution in [-0.4, -0.2) is 51.6 Å². The van der Waals surface area contributed by atoms with Crippen LogP contribution in [0.5, 0.6) is 5.75 Å². The van der Waals surface area contributed by atoms with Crippen molar-refractivity contribution in [3.63, 3.8) is 0 Å². The quantitative estimate of drug-likeness (QED) is 0.703. The van der Waals surface area contributed by atoms with Gasteiger partial charge in [-0.3, -0.25) is 9.78 Å². The molecule has 25 heavy (non-hydrogen) atoms. The van der Waals surface area contributed by atoms with Crippen LogP contribution in [0.3, 0.4) is 0 Å². The largest absolute Gasteiger partial charge is 0.491 e. The Kier molecular flexibility index (Phi) is 5.00. The first kappa shape index (κ1) is 17.4. The van der Waals surface area contributed by atoms with Gasteiger partial charge in [-0.1, -0.05) is 5.16 Å². The topological polar surface area (TPSA) is 118 Å². The van der Waals surface area contributed by atoms with E-state index in [9.17, 15) is 15.0 Å². The van der Waals surface area contributed by atoms with Crippen molar-refractivity contribution in [2.75, 3.05) is 13.2 Å². The van der Waals surface area contributed by atoms with Crippen LogP contribution in [0.1, 0.15) is 29.1 Å². The van der Waals surface area contributed by atoms with E-state index in [2.05, 4.69) is 15.5 Å². The first-order valence-corrected chi connectivity index (χ1v) is 8.08. The Morgan fingerprint density at radius 3 is 2.80 bits per heavy atom. The fraction of sp³-hybridized carbons (Fsp3) is 0.471. The lowest BCUT2D eigenvalue weighted by molar-refractivity contribution is 0.0438. The van der Waals surface area contributed by atoms with Crippen molar-refractivity contribution < 1.29 is 24.3 Å². The van der Waals surface area contributed by atoms with Gasteiger partial charge in [-0.05, 0) is 31.9 Å². The number of rotatable bonds is 6. The predicted molar refractivity (Wildman–Crippen MR) is 87.0 cm³/mol. The summed E-state index contributed by atoms with van der Waals surface area (Å²) in [6, 6.07) is 5.08. The second kappa shape index (κ2) is 7.20. The lowest BCUT2D eigenvalue weighted by Crippen LogP contribution is -2.40. The molecule has 1 aliphatic carbocycles. The number of hydrogen-bond donors (Lipinski definition) is 3. The summed E-state index contributed by atoms with van der Waals surface area (Å²) in [6.45, 7) is 2.19. The van der Waals surface area contributed by atoms with Crippen molar-refractivity contribution in [3.05, 3.63) is 42.0 Å². The van der Waals surface area contributed by atoms with E-state index in [1.54, 1.807) is 37.5 Å². The maximum atomic E-state index is 12.2. The van der Waals surface area contributed by atoms with Gasteiger partial charge < -0.3 is 24.8 Å². The number of hydrogen-bond acceptors (Lipinski definition) is 7. The molecule has 2 aromatic rings. The van der Waals surface area contributed by atoms with E-state index < -0.39 is 17.6 Å². The van der Waals surface area contributed by atoms with Gasteiger partial charge in [-0.2, -0.15) is 0 Å². The Labute approximate surface area is 144 Å². The van der Waals surface area contributed by atoms with Crippen LogP contribution in [0.25, 0.3) is 0 Å². The summed E-state index contributed by atoms with van der Waals surface area (Å²) in [5.74, 6) is 0.774. The van der Waals surface area contributed by atoms with Gasteiger partial charge in [0.2, 0.25) is 0 Å². The summed E-state index contributed by atoms with van der Waals surface area (Å²) in [7, 11) is 0. The molecule has 134 valence electrons. The van der Waals surface area contributed by atoms with Crippen LogP contribution >= 0.6 is 0 Å². The summed E-state index contributed by atoms with van der Waals surface area (Å²) in [6.07, 6.45) is 2.20. The number of nitrogens with one attached hydrogen (secondary N) is 1. The van der Waals surface area contributed by atoms with Gasteiger partial charge in [0.1, 0.15) is 11.5 Å². The second-order valence-corrected chi connectivity index (χ2v) is 6.53. The van der Waals surface area contributed by atoms with Gasteiger partial charge >= 0.3 is 0 Å². The molecule has 3 N–H and O–H groups in total. The molecule has 0 spiro atoms. The SMILES string of the molecule is Cc1cc(C(=O)NCC2(COc3cccnc3)CC(O)C(O)C2)no1. The van der Waals surface area contributed by atoms with E-state index in [-0.39, 0.29) is 24.8 Å². The molecule has 2 atom stereocenters. The number of aryl methyl sites for hydroxylation is 1. The molecular weight excluding hydrogens is 326 g/mol. The molecule has 1 fully saturated rings. The van der Waals surface area contributed by atoms with Gasteiger partial charge in [0.25, 0.3) is 5.91 Å². The lowest BCUT2D eigenvalue weighted by Gasteiger charge is -2.29. The highest BCUT2D eigenvalue weighted by Crippen LogP contribution is 2.38. The maximum Gasteiger partial charge on any atom is 0.273 e. The van der Waals surface area contributed by atoms with Crippen molar-refractivity contribution in [2.24, 2.45) is 5.41 Å². The summed E-state index contributed by atoms with van der Waals surface area (Å²) in [5, 5.41) is 26.4. The first-order chi connectivity index (χ1) is 12.0. The number of aliphatic hydroxyl groups excluding tert-OH is 2. The third kappa shape index (κ3) is 4.15. The Hall–Kier alpha value is -2.45. The number of nitrogens with zero attached hydrogens (tertiary/aromatic N) is 2. The first-order valence-electron chi connectivity index (χ1n) is 8.08. The number of amides is 1. The lowest BCUT2D eigenvalue weighted by atomic mass is 9.86. The normalized spacial score (nSPS) is 25.7. The number of aromatic nitrogens is 2. The molecule has 2 aromatic heterocycles. The zero-order valence-electron chi connectivity index (χ0n) is 13.9. The standard InChI is InChI=1S/C17H21N3O5/c1-11-5-13(20-25-11)16(23)19-9-17(6-14(21)15(22)7-17)10-24-12-3-2-4-18-8-12/h2-5,8,14-15,21-22H,6-7,9-10H2,1H3,(H,19,23). The minimum Gasteiger partial charge on any atom is -0.491 e. The molecule has 2 unspecified atom stereocenters. The zero-order valence-corrected chi connectivity index (χ0v) is 13.9. The molecule has 1 saturated carbocycles. The predicted octanol–water partition coefficient (Wildman–Crippen LogP) is 0.689. The van der Waals surface area contributed by atoms with Crippen molar-refractivity contribution in [3.8, 4) is 5.75 Å². The van der Waals surface area contributed by atoms with E-state index in [0.29, 0.717) is 24.4 Å². The minimum atomic E-state index is -0.844. The molecule has 0 saturated heterocycles. The number of aliphatic hydroxyl groups is 2. The van der Waals surface area contributed by atoms with Crippen LogP contribution in [-0.2, 0) is 0 Å². The molecule has 2 heterocycles. The molecule has 3 rings (SSSR count). The van der Waals surface area contributed by atoms with E-state index in [1.807, 2.05) is 0 Å². The Morgan fingerprint density at radius 1 is 1.44 bits per heavy atom. The highest BCUT2D eigenvalue weighted by molar-refractivity contribution is 5.92. The molecular formula is C17H21N3O5. The van der Waals surface area contributed by atoms with E-state index in [0.717, 1.165) is 0 Å². The highest BCUT2D eigenvalue weighted by Gasteiger charge is 2.45. The van der Waals surface area contributed by atoms with Crippen molar-refractivity contribution in [2.45, 2.75) is 32.0 Å². The molecule has 0 aliphatic heterocycles. The van der Waals surface area contributed by atoms with Crippen molar-refractivity contribution >= 4 is 5.91 Å². The summed E-state index contributed by atoms with van der Waals surface area (Å²) >= 11 is 0.